The Balaban J connectivity index is 1.41. The third kappa shape index (κ3) is 5.59. The number of aromatic nitrogens is 3. The van der Waals surface area contributed by atoms with Crippen LogP contribution in [0, 0.1) is 5.92 Å². The lowest BCUT2D eigenvalue weighted by Crippen LogP contribution is -2.38. The molecule has 1 atom stereocenters. The fourth-order valence-electron chi connectivity index (χ4n) is 4.45. The molecule has 1 fully saturated rings. The molecule has 7 nitrogen and oxygen atoms in total. The number of fused-ring (bicyclic) bond motifs is 1. The van der Waals surface area contributed by atoms with Crippen LogP contribution in [0.2, 0.25) is 0 Å². The van der Waals surface area contributed by atoms with Gasteiger partial charge in [-0.2, -0.15) is 5.10 Å². The zero-order valence-corrected chi connectivity index (χ0v) is 18.7. The molecule has 168 valence electrons. The predicted molar refractivity (Wildman–Crippen MR) is 126 cm³/mol. The number of amides is 1. The average molecular weight is 434 g/mol. The van der Waals surface area contributed by atoms with Crippen molar-refractivity contribution >= 4 is 16.7 Å². The Labute approximate surface area is 188 Å². The molecule has 1 N–H and O–H groups in total. The summed E-state index contributed by atoms with van der Waals surface area (Å²) < 4.78 is 1.29. The number of hydrogen-bond donors (Lipinski definition) is 1. The van der Waals surface area contributed by atoms with Crippen LogP contribution in [0.1, 0.15) is 37.4 Å². The zero-order chi connectivity index (χ0) is 22.3. The summed E-state index contributed by atoms with van der Waals surface area (Å²) in [4.78, 5) is 32.0. The molecular weight excluding hydrogens is 402 g/mol. The van der Waals surface area contributed by atoms with E-state index in [1.54, 1.807) is 18.5 Å². The van der Waals surface area contributed by atoms with Gasteiger partial charge >= 0.3 is 0 Å². The molecule has 1 aromatic carbocycles. The summed E-state index contributed by atoms with van der Waals surface area (Å²) in [5.41, 5.74) is 1.59. The van der Waals surface area contributed by atoms with Gasteiger partial charge < -0.3 is 10.2 Å². The molecule has 0 spiro atoms. The number of rotatable bonds is 8. The molecule has 3 aromatic rings. The Kier molecular flexibility index (Phi) is 7.27. The van der Waals surface area contributed by atoms with E-state index in [-0.39, 0.29) is 18.0 Å². The minimum Gasteiger partial charge on any atom is -0.354 e. The number of pyridine rings is 1. The summed E-state index contributed by atoms with van der Waals surface area (Å²) in [6, 6.07) is 11.3. The fraction of sp³-hybridized carbons (Fsp3) is 0.440. The van der Waals surface area contributed by atoms with E-state index >= 15 is 0 Å². The van der Waals surface area contributed by atoms with Crippen molar-refractivity contribution in [3.8, 4) is 0 Å². The Morgan fingerprint density at radius 1 is 1.16 bits per heavy atom. The third-order valence-electron chi connectivity index (χ3n) is 6.07. The molecule has 3 heterocycles. The normalized spacial score (nSPS) is 16.8. The first-order valence-corrected chi connectivity index (χ1v) is 11.5. The highest BCUT2D eigenvalue weighted by molar-refractivity contribution is 5.84. The van der Waals surface area contributed by atoms with Crippen LogP contribution < -0.4 is 10.9 Å². The molecule has 32 heavy (non-hydrogen) atoms. The van der Waals surface area contributed by atoms with E-state index in [0.717, 1.165) is 48.6 Å². The van der Waals surface area contributed by atoms with Crippen molar-refractivity contribution < 1.29 is 4.79 Å². The standard InChI is InChI=1S/C25H31N5O2/c1-19-6-4-14-29(17-19)15-5-11-27-24(31)18-30-25(32)22-8-3-2-7-21(22)23(28-30)16-20-9-12-26-13-10-20/h2-3,7-10,12-13,19H,4-6,11,14-18H2,1H3,(H,27,31). The number of likely N-dealkylation sites (tertiary alicyclic amines) is 1. The van der Waals surface area contributed by atoms with Crippen LogP contribution in [0.5, 0.6) is 0 Å². The van der Waals surface area contributed by atoms with E-state index in [2.05, 4.69) is 27.2 Å². The largest absolute Gasteiger partial charge is 0.354 e. The number of benzene rings is 1. The van der Waals surface area contributed by atoms with Gasteiger partial charge in [-0.1, -0.05) is 25.1 Å². The Morgan fingerprint density at radius 2 is 1.94 bits per heavy atom. The highest BCUT2D eigenvalue weighted by Gasteiger charge is 2.16. The maximum absolute atomic E-state index is 12.9. The smallest absolute Gasteiger partial charge is 0.275 e. The Morgan fingerprint density at radius 3 is 2.72 bits per heavy atom. The van der Waals surface area contributed by atoms with Crippen molar-refractivity contribution in [3.63, 3.8) is 0 Å². The van der Waals surface area contributed by atoms with Gasteiger partial charge in [0.1, 0.15) is 6.54 Å². The molecule has 1 saturated heterocycles. The summed E-state index contributed by atoms with van der Waals surface area (Å²) in [6.07, 6.45) is 7.53. The highest BCUT2D eigenvalue weighted by atomic mass is 16.2. The maximum Gasteiger partial charge on any atom is 0.275 e. The zero-order valence-electron chi connectivity index (χ0n) is 18.7. The average Bonchev–Trinajstić information content (AvgIpc) is 2.81. The monoisotopic (exact) mass is 433 g/mol. The first-order valence-electron chi connectivity index (χ1n) is 11.5. The van der Waals surface area contributed by atoms with Gasteiger partial charge in [0.05, 0.1) is 11.1 Å². The number of hydrogen-bond acceptors (Lipinski definition) is 5. The summed E-state index contributed by atoms with van der Waals surface area (Å²) >= 11 is 0. The maximum atomic E-state index is 12.9. The second kappa shape index (κ2) is 10.5. The topological polar surface area (TPSA) is 80.1 Å². The first-order chi connectivity index (χ1) is 15.6. The number of nitrogens with zero attached hydrogens (tertiary/aromatic N) is 4. The second-order valence-electron chi connectivity index (χ2n) is 8.74. The SMILES string of the molecule is CC1CCCN(CCCNC(=O)Cn2nc(Cc3ccncc3)c3ccccc3c2=O)C1. The molecule has 1 unspecified atom stereocenters. The minimum absolute atomic E-state index is 0.0756. The predicted octanol–water partition coefficient (Wildman–Crippen LogP) is 2.62. The molecule has 1 amide bonds. The number of piperidine rings is 1. The summed E-state index contributed by atoms with van der Waals surface area (Å²) in [7, 11) is 0. The highest BCUT2D eigenvalue weighted by Crippen LogP contribution is 2.17. The van der Waals surface area contributed by atoms with Crippen molar-refractivity contribution in [1.29, 1.82) is 0 Å². The summed E-state index contributed by atoms with van der Waals surface area (Å²) in [6.45, 7) is 6.11. The molecule has 7 heteroatoms. The summed E-state index contributed by atoms with van der Waals surface area (Å²) in [5, 5.41) is 8.92. The van der Waals surface area contributed by atoms with Crippen molar-refractivity contribution in [2.45, 2.75) is 39.2 Å². The number of carbonyl (C=O) groups is 1. The molecule has 1 aliphatic heterocycles. The van der Waals surface area contributed by atoms with Gasteiger partial charge in [-0.05, 0) is 62.0 Å². The van der Waals surface area contributed by atoms with Crippen molar-refractivity contribution in [3.05, 3.63) is 70.4 Å². The Hall–Kier alpha value is -3.06. The molecule has 4 rings (SSSR count). The van der Waals surface area contributed by atoms with E-state index in [9.17, 15) is 9.59 Å². The second-order valence-corrected chi connectivity index (χ2v) is 8.74. The molecule has 0 aliphatic carbocycles. The van der Waals surface area contributed by atoms with Gasteiger partial charge in [-0.15, -0.1) is 0 Å². The van der Waals surface area contributed by atoms with Crippen molar-refractivity contribution in [2.75, 3.05) is 26.2 Å². The number of nitrogens with one attached hydrogen (secondary N) is 1. The van der Waals surface area contributed by atoms with E-state index < -0.39 is 0 Å². The van der Waals surface area contributed by atoms with Crippen LogP contribution in [0.25, 0.3) is 10.8 Å². The minimum atomic E-state index is -0.239. The lowest BCUT2D eigenvalue weighted by molar-refractivity contribution is -0.121. The van der Waals surface area contributed by atoms with Crippen LogP contribution in [0.3, 0.4) is 0 Å². The van der Waals surface area contributed by atoms with Crippen LogP contribution >= 0.6 is 0 Å². The summed E-state index contributed by atoms with van der Waals surface area (Å²) in [5.74, 6) is 0.572. The third-order valence-corrected chi connectivity index (χ3v) is 6.07. The lowest BCUT2D eigenvalue weighted by Gasteiger charge is -2.30. The van der Waals surface area contributed by atoms with Gasteiger partial charge in [-0.3, -0.25) is 14.6 Å². The fourth-order valence-corrected chi connectivity index (χ4v) is 4.45. The van der Waals surface area contributed by atoms with Gasteiger partial charge in [-0.25, -0.2) is 4.68 Å². The van der Waals surface area contributed by atoms with Crippen LogP contribution in [0.4, 0.5) is 0 Å². The van der Waals surface area contributed by atoms with Gasteiger partial charge in [0, 0.05) is 37.3 Å². The molecule has 0 saturated carbocycles. The van der Waals surface area contributed by atoms with Crippen LogP contribution in [-0.2, 0) is 17.8 Å². The van der Waals surface area contributed by atoms with Crippen molar-refractivity contribution in [2.24, 2.45) is 5.92 Å². The van der Waals surface area contributed by atoms with Gasteiger partial charge in [0.2, 0.25) is 5.91 Å². The molecule has 2 aromatic heterocycles. The molecular formula is C25H31N5O2. The lowest BCUT2D eigenvalue weighted by atomic mass is 10.0. The van der Waals surface area contributed by atoms with E-state index in [1.165, 1.54) is 17.5 Å². The quantitative estimate of drug-likeness (QED) is 0.553. The van der Waals surface area contributed by atoms with Gasteiger partial charge in [0.25, 0.3) is 5.56 Å². The van der Waals surface area contributed by atoms with E-state index in [1.807, 2.05) is 30.3 Å². The molecule has 1 aliphatic rings. The van der Waals surface area contributed by atoms with Crippen LogP contribution in [0.15, 0.2) is 53.6 Å². The number of carbonyl (C=O) groups excluding carboxylic acids is 1. The Bertz CT molecular complexity index is 1110. The van der Waals surface area contributed by atoms with E-state index in [0.29, 0.717) is 18.4 Å². The molecule has 0 bridgehead atoms. The van der Waals surface area contributed by atoms with Crippen LogP contribution in [-0.4, -0.2) is 51.8 Å². The first kappa shape index (κ1) is 22.1. The van der Waals surface area contributed by atoms with Gasteiger partial charge in [0.15, 0.2) is 0 Å². The van der Waals surface area contributed by atoms with Crippen molar-refractivity contribution in [1.82, 2.24) is 25.0 Å². The molecule has 0 radical (unpaired) electrons. The van der Waals surface area contributed by atoms with E-state index in [4.69, 9.17) is 0 Å².